The zero-order valence-corrected chi connectivity index (χ0v) is 11.4. The first kappa shape index (κ1) is 14.5. The van der Waals surface area contributed by atoms with Gasteiger partial charge in [-0.2, -0.15) is 5.26 Å². The molecule has 1 aromatic carbocycles. The molecule has 0 amide bonds. The molecule has 0 aliphatic carbocycles. The van der Waals surface area contributed by atoms with E-state index in [1.165, 1.54) is 12.1 Å². The summed E-state index contributed by atoms with van der Waals surface area (Å²) in [7, 11) is 1.85. The van der Waals surface area contributed by atoms with Crippen LogP contribution in [0.2, 0.25) is 0 Å². The zero-order chi connectivity index (χ0) is 13.8. The Labute approximate surface area is 108 Å². The van der Waals surface area contributed by atoms with E-state index in [2.05, 4.69) is 11.4 Å². The lowest BCUT2D eigenvalue weighted by molar-refractivity contribution is 0.408. The van der Waals surface area contributed by atoms with Crippen LogP contribution in [0.3, 0.4) is 0 Å². The van der Waals surface area contributed by atoms with Crippen LogP contribution < -0.4 is 10.2 Å². The minimum Gasteiger partial charge on any atom is -0.372 e. The van der Waals surface area contributed by atoms with Crippen LogP contribution in [0.4, 0.5) is 10.1 Å². The van der Waals surface area contributed by atoms with Gasteiger partial charge in [-0.3, -0.25) is 5.32 Å². The molecule has 0 aromatic heterocycles. The summed E-state index contributed by atoms with van der Waals surface area (Å²) in [5.74, 6) is -0.269. The van der Waals surface area contributed by atoms with Gasteiger partial charge >= 0.3 is 0 Å². The average molecular weight is 249 g/mol. The lowest BCUT2D eigenvalue weighted by atomic mass is 10.0. The molecule has 18 heavy (non-hydrogen) atoms. The van der Waals surface area contributed by atoms with E-state index >= 15 is 0 Å². The van der Waals surface area contributed by atoms with Gasteiger partial charge in [0.05, 0.1) is 6.07 Å². The van der Waals surface area contributed by atoms with E-state index in [0.717, 1.165) is 5.69 Å². The molecule has 0 heterocycles. The Kier molecular flexibility index (Phi) is 4.69. The highest BCUT2D eigenvalue weighted by atomic mass is 19.1. The van der Waals surface area contributed by atoms with E-state index in [1.54, 1.807) is 6.07 Å². The third kappa shape index (κ3) is 4.01. The molecule has 1 atom stereocenters. The van der Waals surface area contributed by atoms with Gasteiger partial charge in [0.15, 0.2) is 0 Å². The Bertz CT molecular complexity index is 439. The summed E-state index contributed by atoms with van der Waals surface area (Å²) in [6.45, 7) is 6.34. The molecule has 0 bridgehead atoms. The molecule has 4 heteroatoms. The third-order valence-corrected chi connectivity index (χ3v) is 2.66. The van der Waals surface area contributed by atoms with Gasteiger partial charge in [0, 0.05) is 25.3 Å². The van der Waals surface area contributed by atoms with Gasteiger partial charge in [-0.05, 0) is 39.0 Å². The largest absolute Gasteiger partial charge is 0.372 e. The van der Waals surface area contributed by atoms with E-state index in [9.17, 15) is 9.65 Å². The third-order valence-electron chi connectivity index (χ3n) is 2.66. The minimum atomic E-state index is -0.658. The molecule has 0 saturated heterocycles. The fourth-order valence-corrected chi connectivity index (χ4v) is 2.03. The van der Waals surface area contributed by atoms with Gasteiger partial charge in [-0.1, -0.05) is 6.07 Å². The Morgan fingerprint density at radius 3 is 2.67 bits per heavy atom. The van der Waals surface area contributed by atoms with E-state index in [0.29, 0.717) is 6.54 Å². The van der Waals surface area contributed by atoms with Crippen molar-refractivity contribution in [3.63, 3.8) is 0 Å². The molecular weight excluding hydrogens is 229 g/mol. The summed E-state index contributed by atoms with van der Waals surface area (Å²) in [5.41, 5.74) is 0.108. The number of likely N-dealkylation sites (N-methyl/N-ethyl adjacent to an activating group) is 1. The van der Waals surface area contributed by atoms with Crippen molar-refractivity contribution in [2.24, 2.45) is 0 Å². The van der Waals surface area contributed by atoms with Gasteiger partial charge in [0.25, 0.3) is 0 Å². The average Bonchev–Trinajstić information content (AvgIpc) is 2.27. The summed E-state index contributed by atoms with van der Waals surface area (Å²) in [4.78, 5) is 1.88. The van der Waals surface area contributed by atoms with Crippen LogP contribution in [0.5, 0.6) is 0 Å². The van der Waals surface area contributed by atoms with Crippen molar-refractivity contribution in [1.29, 1.82) is 5.26 Å². The molecule has 0 fully saturated rings. The zero-order valence-electron chi connectivity index (χ0n) is 11.4. The van der Waals surface area contributed by atoms with E-state index in [4.69, 9.17) is 0 Å². The number of hydrogen-bond acceptors (Lipinski definition) is 3. The lowest BCUT2D eigenvalue weighted by Crippen LogP contribution is -2.52. The maximum absolute atomic E-state index is 13.1. The molecule has 0 saturated carbocycles. The Morgan fingerprint density at radius 1 is 1.50 bits per heavy atom. The molecule has 3 nitrogen and oxygen atoms in total. The van der Waals surface area contributed by atoms with Gasteiger partial charge in [-0.25, -0.2) is 4.39 Å². The van der Waals surface area contributed by atoms with E-state index in [-0.39, 0.29) is 11.9 Å². The van der Waals surface area contributed by atoms with Crippen molar-refractivity contribution in [1.82, 2.24) is 5.32 Å². The van der Waals surface area contributed by atoms with E-state index in [1.807, 2.05) is 38.8 Å². The van der Waals surface area contributed by atoms with Gasteiger partial charge < -0.3 is 4.90 Å². The molecule has 1 unspecified atom stereocenters. The quantitative estimate of drug-likeness (QED) is 0.871. The first-order chi connectivity index (χ1) is 8.36. The van der Waals surface area contributed by atoms with Crippen LogP contribution >= 0.6 is 0 Å². The molecule has 0 aliphatic rings. The maximum atomic E-state index is 13.1. The maximum Gasteiger partial charge on any atom is 0.125 e. The molecule has 0 aliphatic heterocycles. The highest BCUT2D eigenvalue weighted by molar-refractivity contribution is 5.46. The van der Waals surface area contributed by atoms with Crippen molar-refractivity contribution >= 4 is 5.69 Å². The normalized spacial score (nSPS) is 14.1. The van der Waals surface area contributed by atoms with E-state index < -0.39 is 5.54 Å². The second-order valence-electron chi connectivity index (χ2n) is 5.08. The number of halogens is 1. The number of benzene rings is 1. The fourth-order valence-electron chi connectivity index (χ4n) is 2.03. The van der Waals surface area contributed by atoms with Crippen LogP contribution in [0, 0.1) is 17.1 Å². The lowest BCUT2D eigenvalue weighted by Gasteiger charge is -2.31. The smallest absolute Gasteiger partial charge is 0.125 e. The number of anilines is 1. The standard InChI is InChI=1S/C14H20FN3/c1-11(2)17-14(3,9-16)10-18(4)13-7-5-6-12(15)8-13/h5-8,11,17H,10H2,1-4H3. The molecule has 0 spiro atoms. The van der Waals surface area contributed by atoms with Crippen LogP contribution in [0.15, 0.2) is 24.3 Å². The monoisotopic (exact) mass is 249 g/mol. The van der Waals surface area contributed by atoms with Crippen LogP contribution in [0.25, 0.3) is 0 Å². The minimum absolute atomic E-state index is 0.218. The predicted octanol–water partition coefficient (Wildman–Crippen LogP) is 2.54. The summed E-state index contributed by atoms with van der Waals surface area (Å²) < 4.78 is 13.1. The number of nitriles is 1. The highest BCUT2D eigenvalue weighted by Gasteiger charge is 2.26. The van der Waals surface area contributed by atoms with Crippen molar-refractivity contribution in [3.8, 4) is 6.07 Å². The molecule has 1 aromatic rings. The van der Waals surface area contributed by atoms with Crippen LogP contribution in [0.1, 0.15) is 20.8 Å². The van der Waals surface area contributed by atoms with Gasteiger partial charge in [0.1, 0.15) is 11.4 Å². The number of nitrogens with zero attached hydrogens (tertiary/aromatic N) is 2. The summed E-state index contributed by atoms with van der Waals surface area (Å²) >= 11 is 0. The molecule has 0 radical (unpaired) electrons. The molecule has 98 valence electrons. The molecular formula is C14H20FN3. The molecule has 1 rings (SSSR count). The van der Waals surface area contributed by atoms with Crippen molar-refractivity contribution in [2.75, 3.05) is 18.5 Å². The van der Waals surface area contributed by atoms with Crippen molar-refractivity contribution in [3.05, 3.63) is 30.1 Å². The number of nitrogens with one attached hydrogen (secondary N) is 1. The molecule has 1 N–H and O–H groups in total. The second kappa shape index (κ2) is 5.83. The van der Waals surface area contributed by atoms with Crippen molar-refractivity contribution in [2.45, 2.75) is 32.4 Å². The first-order valence-electron chi connectivity index (χ1n) is 6.02. The Balaban J connectivity index is 2.80. The number of rotatable bonds is 5. The van der Waals surface area contributed by atoms with Crippen LogP contribution in [-0.4, -0.2) is 25.2 Å². The van der Waals surface area contributed by atoms with Crippen molar-refractivity contribution < 1.29 is 4.39 Å². The highest BCUT2D eigenvalue weighted by Crippen LogP contribution is 2.17. The second-order valence-corrected chi connectivity index (χ2v) is 5.08. The Hall–Kier alpha value is -1.60. The fraction of sp³-hybridized carbons (Fsp3) is 0.500. The number of hydrogen-bond donors (Lipinski definition) is 1. The summed E-state index contributed by atoms with van der Waals surface area (Å²) in [6, 6.07) is 8.87. The predicted molar refractivity (Wildman–Crippen MR) is 72.0 cm³/mol. The summed E-state index contributed by atoms with van der Waals surface area (Å²) in [5, 5.41) is 12.5. The first-order valence-corrected chi connectivity index (χ1v) is 6.02. The summed E-state index contributed by atoms with van der Waals surface area (Å²) in [6.07, 6.45) is 0. The van der Waals surface area contributed by atoms with Gasteiger partial charge in [0.2, 0.25) is 0 Å². The van der Waals surface area contributed by atoms with Crippen LogP contribution in [-0.2, 0) is 0 Å². The Morgan fingerprint density at radius 2 is 2.17 bits per heavy atom. The van der Waals surface area contributed by atoms with Gasteiger partial charge in [-0.15, -0.1) is 0 Å². The topological polar surface area (TPSA) is 39.1 Å². The SMILES string of the molecule is CC(C)NC(C)(C#N)CN(C)c1cccc(F)c1.